The smallest absolute Gasteiger partial charge is 0.335 e. The van der Waals surface area contributed by atoms with E-state index < -0.39 is 17.9 Å². The molecule has 42 heavy (non-hydrogen) atoms. The van der Waals surface area contributed by atoms with Crippen molar-refractivity contribution in [3.05, 3.63) is 82.4 Å². The number of ether oxygens (including phenoxy) is 3. The number of para-hydroxylation sites is 1. The van der Waals surface area contributed by atoms with Gasteiger partial charge in [-0.25, -0.2) is 14.2 Å². The van der Waals surface area contributed by atoms with Crippen LogP contribution >= 0.6 is 11.6 Å². The van der Waals surface area contributed by atoms with Crippen molar-refractivity contribution >= 4 is 34.3 Å². The molecule has 0 radical (unpaired) electrons. The van der Waals surface area contributed by atoms with Gasteiger partial charge >= 0.3 is 5.97 Å². The van der Waals surface area contributed by atoms with E-state index in [4.69, 9.17) is 30.8 Å². The van der Waals surface area contributed by atoms with Gasteiger partial charge in [0.05, 0.1) is 47.0 Å². The van der Waals surface area contributed by atoms with Crippen LogP contribution in [-0.2, 0) is 11.3 Å². The largest absolute Gasteiger partial charge is 0.485 e. The molecular weight excluding hydrogens is 563 g/mol. The highest BCUT2D eigenvalue weighted by Crippen LogP contribution is 2.46. The molecule has 0 amide bonds. The molecule has 4 aromatic rings. The van der Waals surface area contributed by atoms with Crippen molar-refractivity contribution in [3.63, 3.8) is 0 Å². The molecule has 2 saturated heterocycles. The van der Waals surface area contributed by atoms with Crippen LogP contribution < -0.4 is 14.4 Å². The number of carboxylic acid groups (broad SMARTS) is 1. The van der Waals surface area contributed by atoms with Gasteiger partial charge in [-0.15, -0.1) is 0 Å². The van der Waals surface area contributed by atoms with Gasteiger partial charge < -0.3 is 28.8 Å². The highest BCUT2D eigenvalue weighted by atomic mass is 35.5. The summed E-state index contributed by atoms with van der Waals surface area (Å²) in [6.45, 7) is 3.84. The van der Waals surface area contributed by atoms with Gasteiger partial charge in [-0.1, -0.05) is 23.7 Å². The van der Waals surface area contributed by atoms with Gasteiger partial charge in [-0.05, 0) is 48.9 Å². The van der Waals surface area contributed by atoms with Crippen LogP contribution in [0.5, 0.6) is 11.5 Å². The van der Waals surface area contributed by atoms with Crippen molar-refractivity contribution in [2.75, 3.05) is 37.7 Å². The summed E-state index contributed by atoms with van der Waals surface area (Å²) in [4.78, 5) is 21.5. The Morgan fingerprint density at radius 2 is 2.00 bits per heavy atom. The fourth-order valence-electron chi connectivity index (χ4n) is 6.84. The average molecular weight is 591 g/mol. The zero-order valence-corrected chi connectivity index (χ0v) is 23.3. The molecule has 216 valence electrons. The van der Waals surface area contributed by atoms with Crippen LogP contribution in [0.4, 0.5) is 10.1 Å². The Kier molecular flexibility index (Phi) is 6.06. The number of anilines is 1. The molecule has 2 fully saturated rings. The van der Waals surface area contributed by atoms with E-state index in [1.807, 2.05) is 18.2 Å². The summed E-state index contributed by atoms with van der Waals surface area (Å²) < 4.78 is 35.6. The molecule has 8 rings (SSSR count). The number of halogens is 2. The number of benzene rings is 3. The highest BCUT2D eigenvalue weighted by Gasteiger charge is 2.46. The molecule has 0 aliphatic carbocycles. The second-order valence-electron chi connectivity index (χ2n) is 11.3. The minimum Gasteiger partial charge on any atom is -0.485 e. The van der Waals surface area contributed by atoms with Gasteiger partial charge in [-0.3, -0.25) is 4.90 Å². The number of hydrogen-bond donors (Lipinski definition) is 1. The lowest BCUT2D eigenvalue weighted by molar-refractivity contribution is -0.107. The van der Waals surface area contributed by atoms with Gasteiger partial charge in [0.2, 0.25) is 0 Å². The third kappa shape index (κ3) is 4.11. The maximum atomic E-state index is 14.8. The van der Waals surface area contributed by atoms with Gasteiger partial charge in [0, 0.05) is 36.8 Å². The summed E-state index contributed by atoms with van der Waals surface area (Å²) in [6.07, 6.45) is 0.328. The molecule has 0 bridgehead atoms. The third-order valence-electron chi connectivity index (χ3n) is 8.95. The molecule has 4 aliphatic rings. The van der Waals surface area contributed by atoms with Gasteiger partial charge in [0.15, 0.2) is 17.6 Å². The topological polar surface area (TPSA) is 89.3 Å². The summed E-state index contributed by atoms with van der Waals surface area (Å²) in [7, 11) is 0. The third-order valence-corrected chi connectivity index (χ3v) is 9.19. The summed E-state index contributed by atoms with van der Waals surface area (Å²) in [6, 6.07) is 15.6. The first-order valence-corrected chi connectivity index (χ1v) is 14.5. The van der Waals surface area contributed by atoms with Crippen LogP contribution in [0.1, 0.15) is 40.3 Å². The minimum atomic E-state index is -0.960. The quantitative estimate of drug-likeness (QED) is 0.352. The summed E-state index contributed by atoms with van der Waals surface area (Å²) >= 11 is 5.98. The Labute approximate surface area is 246 Å². The molecule has 0 spiro atoms. The monoisotopic (exact) mass is 590 g/mol. The predicted octanol–water partition coefficient (Wildman–Crippen LogP) is 5.07. The number of fused-ring (bicyclic) bond motifs is 5. The molecule has 3 aromatic carbocycles. The number of nitrogens with zero attached hydrogens (tertiary/aromatic N) is 4. The van der Waals surface area contributed by atoms with Crippen LogP contribution in [0, 0.1) is 5.82 Å². The minimum absolute atomic E-state index is 0.00363. The Morgan fingerprint density at radius 3 is 2.79 bits per heavy atom. The molecular formula is C31H28ClFN4O5. The first-order valence-electron chi connectivity index (χ1n) is 14.2. The SMILES string of the molecule is O=C(O)c1ccc2nc3n(c2c1)C([C@@H]1CCO1)[C@H]1CN(c2cccc4c2O[C@H](c2ccc(Cl)cc2F)CO4)CCN1C3. The second kappa shape index (κ2) is 9.86. The number of imidazole rings is 1. The molecule has 11 heteroatoms. The average Bonchev–Trinajstić information content (AvgIpc) is 3.32. The zero-order chi connectivity index (χ0) is 28.5. The van der Waals surface area contributed by atoms with Crippen LogP contribution in [0.25, 0.3) is 11.0 Å². The van der Waals surface area contributed by atoms with Crippen LogP contribution in [0.15, 0.2) is 54.6 Å². The number of aromatic carboxylic acids is 1. The standard InChI is InChI=1S/C31H28ClFN4O5/c32-18-5-6-19(20(33)13-18)27-16-41-26-3-1-2-22(30(26)42-27)35-9-10-36-15-28-34-21-7-4-17(31(38)39)12-23(21)37(28)29(24(36)14-35)25-8-11-40-25/h1-7,12-13,24-25,27,29H,8-11,14-16H2,(H,38,39)/t24-,25+,27+,29?/m1/s1. The molecule has 1 unspecified atom stereocenters. The Bertz CT molecular complexity index is 1730. The molecule has 1 aromatic heterocycles. The van der Waals surface area contributed by atoms with Crippen molar-refractivity contribution in [1.82, 2.24) is 14.5 Å². The number of aromatic nitrogens is 2. The lowest BCUT2D eigenvalue weighted by Gasteiger charge is -2.52. The van der Waals surface area contributed by atoms with Crippen LogP contribution in [0.2, 0.25) is 5.02 Å². The lowest BCUT2D eigenvalue weighted by atomic mass is 9.91. The predicted molar refractivity (Wildman–Crippen MR) is 153 cm³/mol. The molecule has 0 saturated carbocycles. The summed E-state index contributed by atoms with van der Waals surface area (Å²) in [5.41, 5.74) is 3.15. The van der Waals surface area contributed by atoms with E-state index in [9.17, 15) is 14.3 Å². The van der Waals surface area contributed by atoms with E-state index in [0.717, 1.165) is 42.1 Å². The van der Waals surface area contributed by atoms with Crippen molar-refractivity contribution in [3.8, 4) is 11.5 Å². The normalized spacial score (nSPS) is 25.0. The molecule has 4 aliphatic heterocycles. The van der Waals surface area contributed by atoms with E-state index in [1.54, 1.807) is 30.3 Å². The maximum absolute atomic E-state index is 14.8. The number of rotatable bonds is 4. The Balaban J connectivity index is 1.14. The first kappa shape index (κ1) is 25.8. The number of carboxylic acids is 1. The number of carbonyl (C=O) groups is 1. The van der Waals surface area contributed by atoms with Gasteiger partial charge in [0.1, 0.15) is 18.2 Å². The number of hydrogen-bond acceptors (Lipinski definition) is 7. The Hall–Kier alpha value is -3.86. The molecule has 5 heterocycles. The first-order chi connectivity index (χ1) is 20.4. The fourth-order valence-corrected chi connectivity index (χ4v) is 7.00. The van der Waals surface area contributed by atoms with E-state index in [1.165, 1.54) is 6.07 Å². The van der Waals surface area contributed by atoms with Gasteiger partial charge in [0.25, 0.3) is 0 Å². The Morgan fingerprint density at radius 1 is 1.12 bits per heavy atom. The van der Waals surface area contributed by atoms with E-state index >= 15 is 0 Å². The highest BCUT2D eigenvalue weighted by molar-refractivity contribution is 6.30. The van der Waals surface area contributed by atoms with Crippen LogP contribution in [0.3, 0.4) is 0 Å². The van der Waals surface area contributed by atoms with Crippen molar-refractivity contribution in [2.45, 2.75) is 37.3 Å². The molecule has 4 atom stereocenters. The van der Waals surface area contributed by atoms with Crippen LogP contribution in [-0.4, -0.2) is 70.5 Å². The maximum Gasteiger partial charge on any atom is 0.335 e. The summed E-state index contributed by atoms with van der Waals surface area (Å²) in [5.74, 6) is 0.777. The zero-order valence-electron chi connectivity index (χ0n) is 22.6. The number of piperazine rings is 1. The van der Waals surface area contributed by atoms with Crippen molar-refractivity contribution < 1.29 is 28.5 Å². The lowest BCUT2D eigenvalue weighted by Crippen LogP contribution is -2.61. The van der Waals surface area contributed by atoms with Crippen molar-refractivity contribution in [1.29, 1.82) is 0 Å². The van der Waals surface area contributed by atoms with E-state index in [-0.39, 0.29) is 30.4 Å². The van der Waals surface area contributed by atoms with E-state index in [2.05, 4.69) is 14.4 Å². The fraction of sp³-hybridized carbons (Fsp3) is 0.355. The van der Waals surface area contributed by atoms with Gasteiger partial charge in [-0.2, -0.15) is 0 Å². The second-order valence-corrected chi connectivity index (χ2v) is 11.7. The molecule has 9 nitrogen and oxygen atoms in total. The molecule has 1 N–H and O–H groups in total. The van der Waals surface area contributed by atoms with E-state index in [0.29, 0.717) is 41.8 Å². The summed E-state index contributed by atoms with van der Waals surface area (Å²) in [5, 5.41) is 10.00. The van der Waals surface area contributed by atoms with Crippen molar-refractivity contribution in [2.24, 2.45) is 0 Å².